The molecule has 0 aliphatic heterocycles. The Morgan fingerprint density at radius 2 is 1.65 bits per heavy atom. The number of hydrogen-bond acceptors (Lipinski definition) is 4. The van der Waals surface area contributed by atoms with Crippen LogP contribution in [0.15, 0.2) is 0 Å². The predicted molar refractivity (Wildman–Crippen MR) is 67.5 cm³/mol. The van der Waals surface area contributed by atoms with E-state index in [2.05, 4.69) is 13.8 Å². The van der Waals surface area contributed by atoms with Crippen LogP contribution in [0, 0.1) is 0 Å². The van der Waals surface area contributed by atoms with Crippen LogP contribution in [0.4, 0.5) is 0 Å². The van der Waals surface area contributed by atoms with Crippen LogP contribution in [0.5, 0.6) is 0 Å². The fraction of sp³-hybridized carbons (Fsp3) is 1.00. The Hall–Kier alpha value is -0.160. The van der Waals surface area contributed by atoms with E-state index in [-0.39, 0.29) is 19.9 Å². The molecule has 0 rings (SSSR count). The van der Waals surface area contributed by atoms with Gasteiger partial charge in [-0.1, -0.05) is 39.5 Å². The fourth-order valence-corrected chi connectivity index (χ4v) is 1.50. The zero-order valence-electron chi connectivity index (χ0n) is 11.3. The molecule has 4 heteroatoms. The van der Waals surface area contributed by atoms with Gasteiger partial charge >= 0.3 is 0 Å². The molecule has 0 saturated carbocycles. The van der Waals surface area contributed by atoms with Crippen LogP contribution < -0.4 is 0 Å². The van der Waals surface area contributed by atoms with Crippen LogP contribution >= 0.6 is 0 Å². The van der Waals surface area contributed by atoms with Crippen LogP contribution in [-0.4, -0.2) is 31.6 Å². The maximum Gasteiger partial charge on any atom is 0.163 e. The molecule has 0 amide bonds. The Morgan fingerprint density at radius 1 is 0.941 bits per heavy atom. The predicted octanol–water partition coefficient (Wildman–Crippen LogP) is 3.04. The van der Waals surface area contributed by atoms with E-state index < -0.39 is 0 Å². The average molecular weight is 248 g/mol. The minimum atomic E-state index is -0.335. The van der Waals surface area contributed by atoms with Gasteiger partial charge in [0.2, 0.25) is 0 Å². The van der Waals surface area contributed by atoms with Crippen LogP contribution in [0.2, 0.25) is 0 Å². The Morgan fingerprint density at radius 3 is 2.29 bits per heavy atom. The highest BCUT2D eigenvalue weighted by atomic mass is 16.8. The summed E-state index contributed by atoms with van der Waals surface area (Å²) in [7, 11) is 0. The first-order valence-electron chi connectivity index (χ1n) is 6.76. The van der Waals surface area contributed by atoms with E-state index in [1.54, 1.807) is 0 Å². The maximum atomic E-state index is 8.72. The van der Waals surface area contributed by atoms with E-state index in [9.17, 15) is 0 Å². The third-order valence-corrected chi connectivity index (χ3v) is 2.53. The number of aliphatic hydroxyl groups is 1. The molecule has 0 aromatic carbocycles. The van der Waals surface area contributed by atoms with Gasteiger partial charge in [-0.05, 0) is 19.3 Å². The summed E-state index contributed by atoms with van der Waals surface area (Å²) in [4.78, 5) is 0. The molecule has 0 radical (unpaired) electrons. The van der Waals surface area contributed by atoms with Crippen molar-refractivity contribution in [1.29, 1.82) is 0 Å². The third-order valence-electron chi connectivity index (χ3n) is 2.53. The molecule has 104 valence electrons. The van der Waals surface area contributed by atoms with Crippen LogP contribution in [0.1, 0.15) is 58.8 Å². The van der Waals surface area contributed by atoms with Gasteiger partial charge in [0.05, 0.1) is 0 Å². The molecule has 0 bridgehead atoms. The van der Waals surface area contributed by atoms with Gasteiger partial charge in [0.15, 0.2) is 6.29 Å². The standard InChI is InChI=1S/C13H28O4/c1-3-5-7-9-13(16-11-14)17-12-15-10-8-6-4-2/h13-14H,3-12H2,1-2H3. The number of ether oxygens (including phenoxy) is 3. The molecule has 0 aliphatic rings. The molecule has 0 spiro atoms. The van der Waals surface area contributed by atoms with E-state index >= 15 is 0 Å². The molecule has 0 aliphatic carbocycles. The third kappa shape index (κ3) is 12.1. The summed E-state index contributed by atoms with van der Waals surface area (Å²) in [5.74, 6) is 0. The lowest BCUT2D eigenvalue weighted by molar-refractivity contribution is -0.222. The fourth-order valence-electron chi connectivity index (χ4n) is 1.50. The Balaban J connectivity index is 3.41. The van der Waals surface area contributed by atoms with Gasteiger partial charge in [0.1, 0.15) is 13.6 Å². The Bertz CT molecular complexity index is 141. The molecule has 0 aromatic rings. The van der Waals surface area contributed by atoms with Crippen molar-refractivity contribution >= 4 is 0 Å². The SMILES string of the molecule is CCCCCOCOC(CCCCC)OCO. The quantitative estimate of drug-likeness (QED) is 0.402. The second-order valence-corrected chi connectivity index (χ2v) is 4.12. The second-order valence-electron chi connectivity index (χ2n) is 4.12. The van der Waals surface area contributed by atoms with Crippen molar-refractivity contribution in [2.45, 2.75) is 65.1 Å². The number of aliphatic hydroxyl groups excluding tert-OH is 1. The number of unbranched alkanes of at least 4 members (excludes halogenated alkanes) is 4. The topological polar surface area (TPSA) is 47.9 Å². The minimum absolute atomic E-state index is 0.251. The first kappa shape index (κ1) is 16.8. The lowest BCUT2D eigenvalue weighted by atomic mass is 10.2. The summed E-state index contributed by atoms with van der Waals surface area (Å²) in [6.07, 6.45) is 7.30. The van der Waals surface area contributed by atoms with Gasteiger partial charge in [0, 0.05) is 6.61 Å². The summed E-state index contributed by atoms with van der Waals surface area (Å²) in [6.45, 7) is 5.00. The van der Waals surface area contributed by atoms with Crippen molar-refractivity contribution in [3.8, 4) is 0 Å². The first-order chi connectivity index (χ1) is 8.35. The molecular formula is C13H28O4. The largest absolute Gasteiger partial charge is 0.371 e. The van der Waals surface area contributed by atoms with Crippen LogP contribution in [0.3, 0.4) is 0 Å². The summed E-state index contributed by atoms with van der Waals surface area (Å²) >= 11 is 0. The van der Waals surface area contributed by atoms with Gasteiger partial charge in [-0.3, -0.25) is 0 Å². The van der Waals surface area contributed by atoms with Crippen molar-refractivity contribution in [3.63, 3.8) is 0 Å². The van der Waals surface area contributed by atoms with Crippen LogP contribution in [0.25, 0.3) is 0 Å². The molecule has 1 unspecified atom stereocenters. The van der Waals surface area contributed by atoms with Gasteiger partial charge in [-0.25, -0.2) is 0 Å². The van der Waals surface area contributed by atoms with Crippen molar-refractivity contribution in [3.05, 3.63) is 0 Å². The van der Waals surface area contributed by atoms with E-state index in [4.69, 9.17) is 19.3 Å². The van der Waals surface area contributed by atoms with Gasteiger partial charge in [-0.15, -0.1) is 0 Å². The molecular weight excluding hydrogens is 220 g/mol. The lowest BCUT2D eigenvalue weighted by Crippen LogP contribution is -2.19. The van der Waals surface area contributed by atoms with Gasteiger partial charge < -0.3 is 19.3 Å². The van der Waals surface area contributed by atoms with Crippen LogP contribution in [-0.2, 0) is 14.2 Å². The average Bonchev–Trinajstić information content (AvgIpc) is 2.34. The molecule has 1 atom stereocenters. The zero-order chi connectivity index (χ0) is 12.8. The molecule has 17 heavy (non-hydrogen) atoms. The highest BCUT2D eigenvalue weighted by molar-refractivity contribution is 4.45. The highest BCUT2D eigenvalue weighted by Crippen LogP contribution is 2.08. The second kappa shape index (κ2) is 13.9. The lowest BCUT2D eigenvalue weighted by Gasteiger charge is -2.17. The minimum Gasteiger partial charge on any atom is -0.371 e. The molecule has 0 fully saturated rings. The zero-order valence-corrected chi connectivity index (χ0v) is 11.3. The summed E-state index contributed by atoms with van der Waals surface area (Å²) in [5.41, 5.74) is 0. The smallest absolute Gasteiger partial charge is 0.163 e. The van der Waals surface area contributed by atoms with Crippen molar-refractivity contribution in [2.24, 2.45) is 0 Å². The first-order valence-corrected chi connectivity index (χ1v) is 6.76. The Labute approximate surface area is 105 Å². The molecule has 0 aromatic heterocycles. The van der Waals surface area contributed by atoms with E-state index in [0.29, 0.717) is 0 Å². The normalized spacial score (nSPS) is 12.9. The van der Waals surface area contributed by atoms with Gasteiger partial charge in [-0.2, -0.15) is 0 Å². The highest BCUT2D eigenvalue weighted by Gasteiger charge is 2.08. The Kier molecular flexibility index (Phi) is 13.8. The number of rotatable bonds is 13. The molecule has 1 N–H and O–H groups in total. The molecule has 0 heterocycles. The van der Waals surface area contributed by atoms with E-state index in [1.807, 2.05) is 0 Å². The van der Waals surface area contributed by atoms with Crippen molar-refractivity contribution in [1.82, 2.24) is 0 Å². The summed E-state index contributed by atoms with van der Waals surface area (Å²) < 4.78 is 15.8. The summed E-state index contributed by atoms with van der Waals surface area (Å²) in [5, 5.41) is 8.72. The summed E-state index contributed by atoms with van der Waals surface area (Å²) in [6, 6.07) is 0. The van der Waals surface area contributed by atoms with Gasteiger partial charge in [0.25, 0.3) is 0 Å². The van der Waals surface area contributed by atoms with Crippen molar-refractivity contribution in [2.75, 3.05) is 20.2 Å². The maximum absolute atomic E-state index is 8.72. The molecule has 4 nitrogen and oxygen atoms in total. The van der Waals surface area contributed by atoms with Crippen molar-refractivity contribution < 1.29 is 19.3 Å². The number of hydrogen-bond donors (Lipinski definition) is 1. The van der Waals surface area contributed by atoms with E-state index in [0.717, 1.165) is 32.3 Å². The monoisotopic (exact) mass is 248 g/mol. The molecule has 0 saturated heterocycles. The van der Waals surface area contributed by atoms with E-state index in [1.165, 1.54) is 19.3 Å².